The van der Waals surface area contributed by atoms with Crippen LogP contribution in [0.4, 0.5) is 17.5 Å². The molecule has 1 saturated heterocycles. The number of anilines is 3. The lowest BCUT2D eigenvalue weighted by atomic mass is 10.2. The van der Waals surface area contributed by atoms with E-state index in [1.807, 2.05) is 18.2 Å². The summed E-state index contributed by atoms with van der Waals surface area (Å²) in [5.41, 5.74) is 0.830. The van der Waals surface area contributed by atoms with Crippen molar-refractivity contribution in [2.75, 3.05) is 50.7 Å². The van der Waals surface area contributed by atoms with E-state index in [0.717, 1.165) is 18.8 Å². The molecule has 0 radical (unpaired) electrons. The van der Waals surface area contributed by atoms with Crippen LogP contribution in [0.1, 0.15) is 0 Å². The van der Waals surface area contributed by atoms with Gasteiger partial charge in [-0.25, -0.2) is 0 Å². The molecular weight excluding hydrogens is 298 g/mol. The van der Waals surface area contributed by atoms with Crippen LogP contribution in [-0.4, -0.2) is 55.7 Å². The molecule has 1 fully saturated rings. The Morgan fingerprint density at radius 2 is 1.91 bits per heavy atom. The van der Waals surface area contributed by atoms with Crippen LogP contribution in [0, 0.1) is 0 Å². The standard InChI is InChI=1S/C15H19N5O3/c1-21-12-4-3-11(9-13(12)22-2)17-14-10-16-19-15(18-14)20-5-7-23-8-6-20/h3-4,9-10H,5-8H2,1-2H3,(H,17,18,19). The lowest BCUT2D eigenvalue weighted by Crippen LogP contribution is -2.37. The third-order valence-electron chi connectivity index (χ3n) is 3.50. The third kappa shape index (κ3) is 3.59. The van der Waals surface area contributed by atoms with Crippen molar-refractivity contribution in [1.29, 1.82) is 0 Å². The minimum Gasteiger partial charge on any atom is -0.493 e. The van der Waals surface area contributed by atoms with E-state index in [2.05, 4.69) is 25.4 Å². The fourth-order valence-electron chi connectivity index (χ4n) is 2.31. The fraction of sp³-hybridized carbons (Fsp3) is 0.400. The van der Waals surface area contributed by atoms with E-state index in [-0.39, 0.29) is 0 Å². The van der Waals surface area contributed by atoms with Crippen LogP contribution in [0.2, 0.25) is 0 Å². The smallest absolute Gasteiger partial charge is 0.247 e. The maximum absolute atomic E-state index is 5.34. The SMILES string of the molecule is COc1ccc(Nc2cnnc(N3CCOCC3)n2)cc1OC. The summed E-state index contributed by atoms with van der Waals surface area (Å²) >= 11 is 0. The molecule has 8 heteroatoms. The van der Waals surface area contributed by atoms with Crippen LogP contribution in [-0.2, 0) is 4.74 Å². The highest BCUT2D eigenvalue weighted by atomic mass is 16.5. The number of benzene rings is 1. The summed E-state index contributed by atoms with van der Waals surface area (Å²) in [5.74, 6) is 2.54. The molecule has 0 amide bonds. The second kappa shape index (κ2) is 7.10. The van der Waals surface area contributed by atoms with Gasteiger partial charge in [0.05, 0.1) is 33.6 Å². The van der Waals surface area contributed by atoms with Gasteiger partial charge in [0.15, 0.2) is 17.3 Å². The molecule has 0 aliphatic carbocycles. The summed E-state index contributed by atoms with van der Waals surface area (Å²) in [6, 6.07) is 5.56. The highest BCUT2D eigenvalue weighted by molar-refractivity contribution is 5.61. The molecule has 2 aromatic rings. The molecule has 122 valence electrons. The largest absolute Gasteiger partial charge is 0.493 e. The topological polar surface area (TPSA) is 81.6 Å². The molecule has 1 aliphatic rings. The Morgan fingerprint density at radius 3 is 2.65 bits per heavy atom. The normalized spacial score (nSPS) is 14.4. The van der Waals surface area contributed by atoms with E-state index in [4.69, 9.17) is 14.2 Å². The number of hydrogen-bond donors (Lipinski definition) is 1. The molecule has 8 nitrogen and oxygen atoms in total. The number of methoxy groups -OCH3 is 2. The summed E-state index contributed by atoms with van der Waals surface area (Å²) < 4.78 is 15.9. The molecule has 2 heterocycles. The van der Waals surface area contributed by atoms with Gasteiger partial charge in [0.25, 0.3) is 0 Å². The average molecular weight is 317 g/mol. The lowest BCUT2D eigenvalue weighted by Gasteiger charge is -2.26. The van der Waals surface area contributed by atoms with Gasteiger partial charge in [0.1, 0.15) is 0 Å². The second-order valence-electron chi connectivity index (χ2n) is 4.94. The Kier molecular flexibility index (Phi) is 4.72. The van der Waals surface area contributed by atoms with Gasteiger partial charge >= 0.3 is 0 Å². The van der Waals surface area contributed by atoms with Crippen LogP contribution in [0.25, 0.3) is 0 Å². The van der Waals surface area contributed by atoms with E-state index in [1.165, 1.54) is 0 Å². The Balaban J connectivity index is 1.77. The molecule has 1 aromatic heterocycles. The molecular formula is C15H19N5O3. The second-order valence-corrected chi connectivity index (χ2v) is 4.94. The van der Waals surface area contributed by atoms with Crippen molar-refractivity contribution >= 4 is 17.5 Å². The quantitative estimate of drug-likeness (QED) is 0.888. The minimum absolute atomic E-state index is 0.596. The van der Waals surface area contributed by atoms with Crippen molar-refractivity contribution in [3.8, 4) is 11.5 Å². The van der Waals surface area contributed by atoms with Crippen molar-refractivity contribution in [3.05, 3.63) is 24.4 Å². The van der Waals surface area contributed by atoms with E-state index in [9.17, 15) is 0 Å². The first-order chi connectivity index (χ1) is 11.3. The predicted octanol–water partition coefficient (Wildman–Crippen LogP) is 1.47. The summed E-state index contributed by atoms with van der Waals surface area (Å²) in [6.45, 7) is 2.89. The number of morpholine rings is 1. The zero-order valence-corrected chi connectivity index (χ0v) is 13.2. The van der Waals surface area contributed by atoms with E-state index in [0.29, 0.717) is 36.5 Å². The van der Waals surface area contributed by atoms with E-state index >= 15 is 0 Å². The first-order valence-corrected chi connectivity index (χ1v) is 7.31. The molecule has 0 unspecified atom stereocenters. The number of aromatic nitrogens is 3. The van der Waals surface area contributed by atoms with Gasteiger partial charge in [-0.3, -0.25) is 0 Å². The molecule has 0 saturated carbocycles. The van der Waals surface area contributed by atoms with Gasteiger partial charge in [-0.05, 0) is 12.1 Å². The van der Waals surface area contributed by atoms with Crippen LogP contribution in [0.15, 0.2) is 24.4 Å². The average Bonchev–Trinajstić information content (AvgIpc) is 2.62. The van der Waals surface area contributed by atoms with Crippen LogP contribution < -0.4 is 19.7 Å². The maximum Gasteiger partial charge on any atom is 0.247 e. The molecule has 0 bridgehead atoms. The van der Waals surface area contributed by atoms with Crippen LogP contribution >= 0.6 is 0 Å². The Labute approximate surface area is 134 Å². The molecule has 1 N–H and O–H groups in total. The highest BCUT2D eigenvalue weighted by Crippen LogP contribution is 2.30. The Morgan fingerprint density at radius 1 is 1.13 bits per heavy atom. The third-order valence-corrected chi connectivity index (χ3v) is 3.50. The van der Waals surface area contributed by atoms with E-state index < -0.39 is 0 Å². The first kappa shape index (κ1) is 15.3. The van der Waals surface area contributed by atoms with Gasteiger partial charge in [-0.15, -0.1) is 5.10 Å². The fourth-order valence-corrected chi connectivity index (χ4v) is 2.31. The molecule has 0 spiro atoms. The zero-order valence-electron chi connectivity index (χ0n) is 13.2. The van der Waals surface area contributed by atoms with Crippen LogP contribution in [0.5, 0.6) is 11.5 Å². The minimum atomic E-state index is 0.596. The molecule has 3 rings (SSSR count). The van der Waals surface area contributed by atoms with Crippen molar-refractivity contribution < 1.29 is 14.2 Å². The Bertz CT molecular complexity index is 661. The van der Waals surface area contributed by atoms with Crippen molar-refractivity contribution in [2.24, 2.45) is 0 Å². The maximum atomic E-state index is 5.34. The Hall–Kier alpha value is -2.61. The van der Waals surface area contributed by atoms with Crippen molar-refractivity contribution in [2.45, 2.75) is 0 Å². The number of nitrogens with one attached hydrogen (secondary N) is 1. The van der Waals surface area contributed by atoms with Gasteiger partial charge in [-0.2, -0.15) is 10.1 Å². The molecule has 1 aliphatic heterocycles. The highest BCUT2D eigenvalue weighted by Gasteiger charge is 2.15. The number of ether oxygens (including phenoxy) is 3. The predicted molar refractivity (Wildman–Crippen MR) is 85.7 cm³/mol. The number of hydrogen-bond acceptors (Lipinski definition) is 8. The number of nitrogens with zero attached hydrogens (tertiary/aromatic N) is 4. The number of rotatable bonds is 5. The zero-order chi connectivity index (χ0) is 16.1. The summed E-state index contributed by atoms with van der Waals surface area (Å²) in [7, 11) is 3.21. The van der Waals surface area contributed by atoms with Gasteiger partial charge < -0.3 is 24.4 Å². The lowest BCUT2D eigenvalue weighted by molar-refractivity contribution is 0.122. The summed E-state index contributed by atoms with van der Waals surface area (Å²) in [5, 5.41) is 11.3. The summed E-state index contributed by atoms with van der Waals surface area (Å²) in [4.78, 5) is 6.56. The van der Waals surface area contributed by atoms with Crippen molar-refractivity contribution in [3.63, 3.8) is 0 Å². The van der Waals surface area contributed by atoms with Gasteiger partial charge in [0.2, 0.25) is 5.95 Å². The van der Waals surface area contributed by atoms with Crippen molar-refractivity contribution in [1.82, 2.24) is 15.2 Å². The van der Waals surface area contributed by atoms with Gasteiger partial charge in [-0.1, -0.05) is 0 Å². The molecule has 1 aromatic carbocycles. The first-order valence-electron chi connectivity index (χ1n) is 7.31. The molecule has 0 atom stereocenters. The van der Waals surface area contributed by atoms with Gasteiger partial charge in [0, 0.05) is 24.8 Å². The molecule has 23 heavy (non-hydrogen) atoms. The van der Waals surface area contributed by atoms with E-state index in [1.54, 1.807) is 20.4 Å². The van der Waals surface area contributed by atoms with Crippen LogP contribution in [0.3, 0.4) is 0 Å². The summed E-state index contributed by atoms with van der Waals surface area (Å²) in [6.07, 6.45) is 1.58. The monoisotopic (exact) mass is 317 g/mol.